The fourth-order valence-electron chi connectivity index (χ4n) is 5.34. The van der Waals surface area contributed by atoms with Crippen molar-refractivity contribution in [2.45, 2.75) is 12.8 Å². The first-order valence-corrected chi connectivity index (χ1v) is 8.55. The van der Waals surface area contributed by atoms with Crippen LogP contribution in [0.15, 0.2) is 12.2 Å². The summed E-state index contributed by atoms with van der Waals surface area (Å²) >= 11 is 0. The van der Waals surface area contributed by atoms with Crippen molar-refractivity contribution in [1.82, 2.24) is 4.90 Å². The number of quaternary nitrogens is 1. The molecule has 0 spiro atoms. The second-order valence-corrected chi connectivity index (χ2v) is 7.79. The molecule has 20 heavy (non-hydrogen) atoms. The van der Waals surface area contributed by atoms with Gasteiger partial charge < -0.3 is 9.22 Å². The molecule has 0 aromatic rings. The highest BCUT2D eigenvalue weighted by Crippen LogP contribution is 2.52. The Morgan fingerprint density at radius 2 is 1.75 bits per heavy atom. The third-order valence-corrected chi connectivity index (χ3v) is 6.38. The zero-order chi connectivity index (χ0) is 13.6. The summed E-state index contributed by atoms with van der Waals surface area (Å²) in [5.41, 5.74) is 0. The Morgan fingerprint density at radius 3 is 2.40 bits per heavy atom. The number of hydrogen-bond acceptors (Lipinski definition) is 2. The van der Waals surface area contributed by atoms with E-state index in [1.807, 2.05) is 0 Å². The van der Waals surface area contributed by atoms with Crippen LogP contribution in [0.5, 0.6) is 0 Å². The van der Waals surface area contributed by atoms with Crippen molar-refractivity contribution in [2.75, 3.05) is 59.5 Å². The van der Waals surface area contributed by atoms with Crippen LogP contribution in [0, 0.1) is 23.7 Å². The van der Waals surface area contributed by atoms with Gasteiger partial charge in [0.15, 0.2) is 0 Å². The van der Waals surface area contributed by atoms with Crippen LogP contribution in [0.1, 0.15) is 12.8 Å². The predicted octanol–water partition coefficient (Wildman–Crippen LogP) is 1.61. The van der Waals surface area contributed by atoms with Gasteiger partial charge in [-0.1, -0.05) is 12.2 Å². The summed E-state index contributed by atoms with van der Waals surface area (Å²) in [4.78, 5) is 2.58. The van der Waals surface area contributed by atoms with E-state index in [1.54, 1.807) is 0 Å². The number of nitrogens with zero attached hydrogens (tertiary/aromatic N) is 2. The molecule has 3 fully saturated rings. The Morgan fingerprint density at radius 1 is 1.10 bits per heavy atom. The third-order valence-electron chi connectivity index (χ3n) is 6.38. The van der Waals surface area contributed by atoms with Crippen LogP contribution in [0.4, 0.5) is 0 Å². The molecule has 0 unspecified atom stereocenters. The monoisotopic (exact) mass is 277 g/mol. The first-order chi connectivity index (χ1) is 9.73. The molecule has 4 aliphatic rings. The maximum absolute atomic E-state index is 5.43. The molecule has 2 bridgehead atoms. The second-order valence-electron chi connectivity index (χ2n) is 7.79. The summed E-state index contributed by atoms with van der Waals surface area (Å²) in [6, 6.07) is 0. The molecule has 2 heterocycles. The van der Waals surface area contributed by atoms with Crippen molar-refractivity contribution < 1.29 is 9.22 Å². The predicted molar refractivity (Wildman–Crippen MR) is 80.4 cm³/mol. The van der Waals surface area contributed by atoms with Gasteiger partial charge in [-0.3, -0.25) is 4.90 Å². The van der Waals surface area contributed by atoms with Crippen LogP contribution in [-0.4, -0.2) is 68.9 Å². The normalized spacial score (nSPS) is 47.0. The van der Waals surface area contributed by atoms with Crippen molar-refractivity contribution in [3.63, 3.8) is 0 Å². The van der Waals surface area contributed by atoms with E-state index in [4.69, 9.17) is 4.74 Å². The molecule has 112 valence electrons. The van der Waals surface area contributed by atoms with E-state index in [1.165, 1.54) is 43.5 Å². The average molecular weight is 277 g/mol. The quantitative estimate of drug-likeness (QED) is 0.572. The highest BCUT2D eigenvalue weighted by Gasteiger charge is 2.54. The van der Waals surface area contributed by atoms with E-state index < -0.39 is 0 Å². The van der Waals surface area contributed by atoms with Crippen LogP contribution in [0.25, 0.3) is 0 Å². The number of allylic oxidation sites excluding steroid dienone is 2. The van der Waals surface area contributed by atoms with Crippen molar-refractivity contribution >= 4 is 0 Å². The molecule has 2 aliphatic heterocycles. The number of rotatable bonds is 4. The van der Waals surface area contributed by atoms with E-state index in [2.05, 4.69) is 24.1 Å². The lowest BCUT2D eigenvalue weighted by molar-refractivity contribution is -0.901. The summed E-state index contributed by atoms with van der Waals surface area (Å²) in [6.07, 6.45) is 7.88. The molecule has 3 nitrogen and oxygen atoms in total. The number of morpholine rings is 1. The van der Waals surface area contributed by atoms with Crippen molar-refractivity contribution in [2.24, 2.45) is 23.7 Å². The lowest BCUT2D eigenvalue weighted by atomic mass is 9.86. The van der Waals surface area contributed by atoms with Crippen LogP contribution in [0.2, 0.25) is 0 Å². The van der Waals surface area contributed by atoms with Gasteiger partial charge in [-0.05, 0) is 18.3 Å². The first kappa shape index (κ1) is 13.3. The molecule has 0 aromatic carbocycles. The Kier molecular flexibility index (Phi) is 3.40. The zero-order valence-corrected chi connectivity index (χ0v) is 12.8. The number of hydrogen-bond donors (Lipinski definition) is 0. The Bertz CT molecular complexity index is 368. The second kappa shape index (κ2) is 5.11. The molecular formula is C17H29N2O+. The third kappa shape index (κ3) is 2.34. The van der Waals surface area contributed by atoms with Gasteiger partial charge in [0.25, 0.3) is 0 Å². The minimum Gasteiger partial charge on any atom is -0.379 e. The van der Waals surface area contributed by atoms with Gasteiger partial charge >= 0.3 is 0 Å². The maximum atomic E-state index is 5.43. The minimum absolute atomic E-state index is 0.934. The molecule has 4 atom stereocenters. The van der Waals surface area contributed by atoms with E-state index in [0.29, 0.717) is 0 Å². The van der Waals surface area contributed by atoms with Crippen LogP contribution in [0.3, 0.4) is 0 Å². The largest absolute Gasteiger partial charge is 0.379 e. The van der Waals surface area contributed by atoms with Gasteiger partial charge in [-0.25, -0.2) is 0 Å². The standard InChI is InChI=1S/C17H29N2O/c1-19(8-2-5-18-6-9-20-10-7-18)12-16-14-3-4-15(11-14)17(16)13-19/h3-4,14-17H,2,5-13H2,1H3/q+1/t14-,15-,16-,17-/m0/s1. The molecule has 0 radical (unpaired) electrons. The summed E-state index contributed by atoms with van der Waals surface area (Å²) in [6.45, 7) is 9.70. The minimum atomic E-state index is 0.934. The lowest BCUT2D eigenvalue weighted by Crippen LogP contribution is -2.45. The maximum Gasteiger partial charge on any atom is 0.0824 e. The number of fused-ring (bicyclic) bond motifs is 5. The van der Waals surface area contributed by atoms with E-state index in [9.17, 15) is 0 Å². The SMILES string of the molecule is C[N+]1(CCCN2CCOCC2)C[C@@H]2[C@@H](C1)[C@H]1C=C[C@H]2C1. The topological polar surface area (TPSA) is 12.5 Å². The molecule has 0 aromatic heterocycles. The molecule has 3 heteroatoms. The van der Waals surface area contributed by atoms with Gasteiger partial charge in [0.1, 0.15) is 0 Å². The first-order valence-electron chi connectivity index (χ1n) is 8.55. The van der Waals surface area contributed by atoms with E-state index in [0.717, 1.165) is 50.0 Å². The number of likely N-dealkylation sites (tertiary alicyclic amines) is 1. The van der Waals surface area contributed by atoms with Crippen LogP contribution in [-0.2, 0) is 4.74 Å². The summed E-state index contributed by atoms with van der Waals surface area (Å²) in [7, 11) is 2.51. The molecule has 2 aliphatic carbocycles. The van der Waals surface area contributed by atoms with Gasteiger partial charge in [-0.15, -0.1) is 0 Å². The van der Waals surface area contributed by atoms with Gasteiger partial charge in [0.2, 0.25) is 0 Å². The Balaban J connectivity index is 1.27. The molecule has 0 amide bonds. The van der Waals surface area contributed by atoms with Gasteiger partial charge in [0, 0.05) is 37.9 Å². The van der Waals surface area contributed by atoms with Crippen LogP contribution < -0.4 is 0 Å². The van der Waals surface area contributed by atoms with Gasteiger partial charge in [-0.2, -0.15) is 0 Å². The zero-order valence-electron chi connectivity index (χ0n) is 12.8. The van der Waals surface area contributed by atoms with Gasteiger partial charge in [0.05, 0.1) is 39.9 Å². The Labute approximate surface area is 123 Å². The van der Waals surface area contributed by atoms with Crippen molar-refractivity contribution in [3.05, 3.63) is 12.2 Å². The molecule has 4 rings (SSSR count). The molecular weight excluding hydrogens is 248 g/mol. The highest BCUT2D eigenvalue weighted by molar-refractivity contribution is 5.14. The lowest BCUT2D eigenvalue weighted by Gasteiger charge is -2.33. The number of ether oxygens (including phenoxy) is 1. The summed E-state index contributed by atoms with van der Waals surface area (Å²) in [5.74, 6) is 3.89. The fourth-order valence-corrected chi connectivity index (χ4v) is 5.34. The van der Waals surface area contributed by atoms with E-state index >= 15 is 0 Å². The summed E-state index contributed by atoms with van der Waals surface area (Å²) in [5, 5.41) is 0. The molecule has 0 N–H and O–H groups in total. The molecule has 2 saturated heterocycles. The van der Waals surface area contributed by atoms with Crippen molar-refractivity contribution in [3.8, 4) is 0 Å². The Hall–Kier alpha value is -0.380. The molecule has 1 saturated carbocycles. The fraction of sp³-hybridized carbons (Fsp3) is 0.882. The highest BCUT2D eigenvalue weighted by atomic mass is 16.5. The van der Waals surface area contributed by atoms with Crippen molar-refractivity contribution in [1.29, 1.82) is 0 Å². The smallest absolute Gasteiger partial charge is 0.0824 e. The summed E-state index contributed by atoms with van der Waals surface area (Å²) < 4.78 is 6.77. The average Bonchev–Trinajstić information content (AvgIpc) is 3.11. The van der Waals surface area contributed by atoms with Crippen LogP contribution >= 0.6 is 0 Å². The van der Waals surface area contributed by atoms with E-state index in [-0.39, 0.29) is 0 Å².